The second kappa shape index (κ2) is 4.50. The van der Waals surface area contributed by atoms with Gasteiger partial charge in [0.25, 0.3) is 0 Å². The monoisotopic (exact) mass is 208 g/mol. The van der Waals surface area contributed by atoms with Gasteiger partial charge in [-0.1, -0.05) is 5.22 Å². The van der Waals surface area contributed by atoms with Gasteiger partial charge < -0.3 is 5.11 Å². The van der Waals surface area contributed by atoms with Crippen LogP contribution < -0.4 is 0 Å². The fraction of sp³-hybridized carbons (Fsp3) is 0.333. The van der Waals surface area contributed by atoms with E-state index in [9.17, 15) is 4.79 Å². The maximum atomic E-state index is 10.9. The minimum absolute atomic E-state index is 0.105. The number of nitrogens with zero attached hydrogens (tertiary/aromatic N) is 4. The van der Waals surface area contributed by atoms with Crippen LogP contribution >= 0.6 is 0 Å². The molecule has 1 heterocycles. The van der Waals surface area contributed by atoms with E-state index in [2.05, 4.69) is 15.3 Å². The lowest BCUT2D eigenvalue weighted by atomic mass is 10.2. The van der Waals surface area contributed by atoms with E-state index in [0.29, 0.717) is 11.4 Å². The first-order valence-corrected chi connectivity index (χ1v) is 4.30. The smallest absolute Gasteiger partial charge is 0.338 e. The van der Waals surface area contributed by atoms with Crippen LogP contribution in [0.25, 0.3) is 0 Å². The second-order valence-corrected chi connectivity index (χ2v) is 3.13. The van der Waals surface area contributed by atoms with Gasteiger partial charge in [0.2, 0.25) is 0 Å². The summed E-state index contributed by atoms with van der Waals surface area (Å²) in [6.45, 7) is 1.69. The Bertz CT molecular complexity index is 401. The molecule has 1 N–H and O–H groups in total. The van der Waals surface area contributed by atoms with Crippen LogP contribution in [0.4, 0.5) is 5.69 Å². The molecule has 0 unspecified atom stereocenters. The van der Waals surface area contributed by atoms with Crippen LogP contribution in [0.15, 0.2) is 22.6 Å². The lowest BCUT2D eigenvalue weighted by Crippen LogP contribution is -2.02. The number of hydrogen-bond acceptors (Lipinski definition) is 4. The summed E-state index contributed by atoms with van der Waals surface area (Å²) >= 11 is 0. The molecule has 1 rings (SSSR count). The number of carboxylic acid groups (broad SMARTS) is 1. The Morgan fingerprint density at radius 1 is 1.53 bits per heavy atom. The molecule has 0 fully saturated rings. The van der Waals surface area contributed by atoms with Crippen LogP contribution in [0, 0.1) is 6.92 Å². The summed E-state index contributed by atoms with van der Waals surface area (Å²) < 4.78 is 0. The van der Waals surface area contributed by atoms with Crippen molar-refractivity contribution in [2.24, 2.45) is 10.3 Å². The maximum absolute atomic E-state index is 10.9. The van der Waals surface area contributed by atoms with Gasteiger partial charge in [0, 0.05) is 20.3 Å². The highest BCUT2D eigenvalue weighted by molar-refractivity contribution is 5.93. The Kier molecular flexibility index (Phi) is 3.33. The number of hydrogen-bond donors (Lipinski definition) is 1. The van der Waals surface area contributed by atoms with E-state index in [0.717, 1.165) is 0 Å². The van der Waals surface area contributed by atoms with Crippen molar-refractivity contribution in [1.82, 2.24) is 9.99 Å². The van der Waals surface area contributed by atoms with E-state index < -0.39 is 5.97 Å². The molecule has 0 amide bonds. The minimum atomic E-state index is -1.03. The minimum Gasteiger partial charge on any atom is -0.478 e. The predicted molar refractivity (Wildman–Crippen MR) is 54.1 cm³/mol. The third-order valence-corrected chi connectivity index (χ3v) is 1.66. The summed E-state index contributed by atoms with van der Waals surface area (Å²) in [7, 11) is 3.41. The highest BCUT2D eigenvalue weighted by Crippen LogP contribution is 2.22. The number of carbonyl (C=O) groups is 1. The normalized spacial score (nSPS) is 10.6. The quantitative estimate of drug-likeness (QED) is 0.605. The molecule has 80 valence electrons. The summed E-state index contributed by atoms with van der Waals surface area (Å²) in [5.41, 5.74) is 0.937. The molecule has 6 heteroatoms. The Morgan fingerprint density at radius 2 is 2.20 bits per heavy atom. The van der Waals surface area contributed by atoms with Gasteiger partial charge in [-0.3, -0.25) is 9.99 Å². The average Bonchev–Trinajstić information content (AvgIpc) is 2.15. The van der Waals surface area contributed by atoms with Crippen LogP contribution in [0.5, 0.6) is 0 Å². The van der Waals surface area contributed by atoms with Crippen LogP contribution in [-0.2, 0) is 0 Å². The van der Waals surface area contributed by atoms with E-state index in [4.69, 9.17) is 5.11 Å². The first-order chi connectivity index (χ1) is 7.02. The molecule has 1 aromatic heterocycles. The van der Waals surface area contributed by atoms with Crippen LogP contribution in [0.3, 0.4) is 0 Å². The third-order valence-electron chi connectivity index (χ3n) is 1.66. The van der Waals surface area contributed by atoms with Gasteiger partial charge in [-0.25, -0.2) is 4.79 Å². The molecule has 0 aliphatic rings. The van der Waals surface area contributed by atoms with Gasteiger partial charge in [0.15, 0.2) is 0 Å². The molecular weight excluding hydrogens is 196 g/mol. The van der Waals surface area contributed by atoms with Crippen LogP contribution in [0.1, 0.15) is 16.1 Å². The Balaban J connectivity index is 3.19. The van der Waals surface area contributed by atoms with Crippen molar-refractivity contribution in [2.45, 2.75) is 6.92 Å². The van der Waals surface area contributed by atoms with Gasteiger partial charge >= 0.3 is 5.97 Å². The lowest BCUT2D eigenvalue weighted by molar-refractivity contribution is 0.0697. The van der Waals surface area contributed by atoms with Crippen molar-refractivity contribution in [3.05, 3.63) is 23.5 Å². The molecule has 0 bridgehead atoms. The maximum Gasteiger partial charge on any atom is 0.338 e. The molecule has 0 aliphatic carbocycles. The summed E-state index contributed by atoms with van der Waals surface area (Å²) in [5.74, 6) is -1.03. The number of carboxylic acids is 1. The van der Waals surface area contributed by atoms with Gasteiger partial charge in [0.05, 0.1) is 11.3 Å². The van der Waals surface area contributed by atoms with E-state index in [-0.39, 0.29) is 5.56 Å². The van der Waals surface area contributed by atoms with Crippen molar-refractivity contribution in [3.8, 4) is 0 Å². The number of aryl methyl sites for hydroxylation is 1. The number of aromatic nitrogens is 1. The lowest BCUT2D eigenvalue weighted by Gasteiger charge is -2.04. The number of rotatable bonds is 3. The van der Waals surface area contributed by atoms with E-state index in [1.807, 2.05) is 0 Å². The predicted octanol–water partition coefficient (Wildman–Crippen LogP) is 1.65. The second-order valence-electron chi connectivity index (χ2n) is 3.13. The molecule has 1 aromatic rings. The molecule has 0 saturated carbocycles. The number of aromatic carboxylic acids is 1. The molecule has 0 aromatic carbocycles. The van der Waals surface area contributed by atoms with Crippen molar-refractivity contribution in [1.29, 1.82) is 0 Å². The zero-order chi connectivity index (χ0) is 11.4. The highest BCUT2D eigenvalue weighted by Gasteiger charge is 2.12. The van der Waals surface area contributed by atoms with E-state index in [1.165, 1.54) is 17.3 Å². The first kappa shape index (κ1) is 11.1. The van der Waals surface area contributed by atoms with Crippen LogP contribution in [0.2, 0.25) is 0 Å². The van der Waals surface area contributed by atoms with Gasteiger partial charge in [0.1, 0.15) is 5.69 Å². The van der Waals surface area contributed by atoms with Gasteiger partial charge in [-0.2, -0.15) is 0 Å². The van der Waals surface area contributed by atoms with Gasteiger partial charge in [-0.05, 0) is 13.0 Å². The van der Waals surface area contributed by atoms with Crippen molar-refractivity contribution in [2.75, 3.05) is 14.1 Å². The summed E-state index contributed by atoms with van der Waals surface area (Å²) in [4.78, 5) is 14.8. The zero-order valence-corrected chi connectivity index (χ0v) is 8.80. The SMILES string of the molecule is Cc1nccc(C(=O)O)c1N=NN(C)C. The van der Waals surface area contributed by atoms with Crippen molar-refractivity contribution < 1.29 is 9.90 Å². The first-order valence-electron chi connectivity index (χ1n) is 4.30. The molecule has 6 nitrogen and oxygen atoms in total. The summed E-state index contributed by atoms with van der Waals surface area (Å²) in [6.07, 6.45) is 1.44. The highest BCUT2D eigenvalue weighted by atomic mass is 16.4. The summed E-state index contributed by atoms with van der Waals surface area (Å²) in [5, 5.41) is 18.0. The molecule has 0 atom stereocenters. The molecular formula is C9H12N4O2. The molecule has 15 heavy (non-hydrogen) atoms. The van der Waals surface area contributed by atoms with E-state index >= 15 is 0 Å². The number of pyridine rings is 1. The largest absolute Gasteiger partial charge is 0.478 e. The van der Waals surface area contributed by atoms with Crippen LogP contribution in [-0.4, -0.2) is 35.2 Å². The Morgan fingerprint density at radius 3 is 2.73 bits per heavy atom. The average molecular weight is 208 g/mol. The van der Waals surface area contributed by atoms with Gasteiger partial charge in [-0.15, -0.1) is 5.11 Å². The fourth-order valence-electron chi connectivity index (χ4n) is 0.992. The Hall–Kier alpha value is -1.98. The molecule has 0 saturated heterocycles. The van der Waals surface area contributed by atoms with Crippen molar-refractivity contribution >= 4 is 11.7 Å². The van der Waals surface area contributed by atoms with E-state index in [1.54, 1.807) is 21.0 Å². The molecule has 0 radical (unpaired) electrons. The Labute approximate surface area is 87.2 Å². The summed E-state index contributed by atoms with van der Waals surface area (Å²) in [6, 6.07) is 1.40. The standard InChI is InChI=1S/C9H12N4O2/c1-6-8(11-12-13(2)3)7(9(14)15)4-5-10-6/h4-5H,1-3H3,(H,14,15). The fourth-order valence-corrected chi connectivity index (χ4v) is 0.992. The topological polar surface area (TPSA) is 78.1 Å². The zero-order valence-electron chi connectivity index (χ0n) is 8.80. The molecule has 0 spiro atoms. The third kappa shape index (κ3) is 2.73. The molecule has 0 aliphatic heterocycles. The van der Waals surface area contributed by atoms with Crippen molar-refractivity contribution in [3.63, 3.8) is 0 Å².